The Kier molecular flexibility index (Phi) is 6.11. The first kappa shape index (κ1) is 19.2. The molecule has 0 aliphatic carbocycles. The second kappa shape index (κ2) is 8.90. The SMILES string of the molecule is CC=CC(=Nn1c(C)nc(CNc2ccccc2)cc1=O)c1ccc(F)cc1. The van der Waals surface area contributed by atoms with Crippen molar-refractivity contribution in [3.8, 4) is 0 Å². The van der Waals surface area contributed by atoms with Crippen molar-refractivity contribution in [2.75, 3.05) is 5.32 Å². The number of rotatable bonds is 6. The van der Waals surface area contributed by atoms with Crippen LogP contribution in [0.4, 0.5) is 10.1 Å². The van der Waals surface area contributed by atoms with E-state index in [0.717, 1.165) is 5.69 Å². The molecule has 0 amide bonds. The third-order valence-electron chi connectivity index (χ3n) is 4.03. The second-order valence-electron chi connectivity index (χ2n) is 6.16. The number of benzene rings is 2. The van der Waals surface area contributed by atoms with Gasteiger partial charge in [-0.05, 0) is 56.3 Å². The van der Waals surface area contributed by atoms with E-state index in [-0.39, 0.29) is 11.4 Å². The molecular weight excluding hydrogens is 355 g/mol. The van der Waals surface area contributed by atoms with Crippen LogP contribution < -0.4 is 10.9 Å². The van der Waals surface area contributed by atoms with Crippen molar-refractivity contribution in [3.63, 3.8) is 0 Å². The maximum atomic E-state index is 13.2. The molecule has 0 fully saturated rings. The van der Waals surface area contributed by atoms with E-state index >= 15 is 0 Å². The highest BCUT2D eigenvalue weighted by atomic mass is 19.1. The van der Waals surface area contributed by atoms with Gasteiger partial charge in [0, 0.05) is 17.3 Å². The molecule has 1 heterocycles. The summed E-state index contributed by atoms with van der Waals surface area (Å²) in [5.74, 6) is 0.148. The van der Waals surface area contributed by atoms with Gasteiger partial charge in [-0.25, -0.2) is 9.37 Å². The lowest BCUT2D eigenvalue weighted by molar-refractivity contribution is 0.627. The molecule has 0 atom stereocenters. The smallest absolute Gasteiger partial charge is 0.274 e. The third kappa shape index (κ3) is 4.79. The number of nitrogens with zero attached hydrogens (tertiary/aromatic N) is 3. The van der Waals surface area contributed by atoms with Gasteiger partial charge in [-0.3, -0.25) is 4.79 Å². The van der Waals surface area contributed by atoms with E-state index in [0.29, 0.717) is 29.3 Å². The molecule has 1 N–H and O–H groups in total. The zero-order valence-electron chi connectivity index (χ0n) is 15.8. The minimum Gasteiger partial charge on any atom is -0.379 e. The first-order valence-electron chi connectivity index (χ1n) is 8.93. The minimum absolute atomic E-state index is 0.276. The van der Waals surface area contributed by atoms with Crippen molar-refractivity contribution in [2.24, 2.45) is 5.10 Å². The lowest BCUT2D eigenvalue weighted by Crippen LogP contribution is -2.23. The van der Waals surface area contributed by atoms with E-state index in [1.807, 2.05) is 43.3 Å². The van der Waals surface area contributed by atoms with Crippen LogP contribution in [0.3, 0.4) is 0 Å². The Hall–Kier alpha value is -3.54. The summed E-state index contributed by atoms with van der Waals surface area (Å²) in [7, 11) is 0. The average Bonchev–Trinajstić information content (AvgIpc) is 2.70. The Morgan fingerprint density at radius 3 is 2.54 bits per heavy atom. The van der Waals surface area contributed by atoms with Crippen molar-refractivity contribution in [2.45, 2.75) is 20.4 Å². The van der Waals surface area contributed by atoms with E-state index in [1.165, 1.54) is 22.9 Å². The normalized spacial score (nSPS) is 11.8. The second-order valence-corrected chi connectivity index (χ2v) is 6.16. The summed E-state index contributed by atoms with van der Waals surface area (Å²) in [4.78, 5) is 17.1. The minimum atomic E-state index is -0.325. The molecule has 6 heteroatoms. The largest absolute Gasteiger partial charge is 0.379 e. The molecule has 0 saturated heterocycles. The van der Waals surface area contributed by atoms with Crippen LogP contribution >= 0.6 is 0 Å². The van der Waals surface area contributed by atoms with Gasteiger partial charge in [0.1, 0.15) is 11.6 Å². The summed E-state index contributed by atoms with van der Waals surface area (Å²) >= 11 is 0. The van der Waals surface area contributed by atoms with Crippen LogP contribution in [0.25, 0.3) is 0 Å². The van der Waals surface area contributed by atoms with Crippen molar-refractivity contribution >= 4 is 11.4 Å². The fraction of sp³-hybridized carbons (Fsp3) is 0.136. The van der Waals surface area contributed by atoms with Crippen molar-refractivity contribution < 1.29 is 4.39 Å². The number of nitrogens with one attached hydrogen (secondary N) is 1. The summed E-state index contributed by atoms with van der Waals surface area (Å²) in [6.45, 7) is 4.02. The molecule has 0 radical (unpaired) electrons. The Morgan fingerprint density at radius 2 is 1.89 bits per heavy atom. The Labute approximate surface area is 162 Å². The number of para-hydroxylation sites is 1. The van der Waals surface area contributed by atoms with Crippen molar-refractivity contribution in [1.82, 2.24) is 9.66 Å². The lowest BCUT2D eigenvalue weighted by atomic mass is 10.1. The molecule has 1 aromatic heterocycles. The van der Waals surface area contributed by atoms with Gasteiger partial charge in [0.25, 0.3) is 5.56 Å². The maximum absolute atomic E-state index is 13.2. The lowest BCUT2D eigenvalue weighted by Gasteiger charge is -2.10. The standard InChI is InChI=1S/C22H21FN4O/c1-3-7-21(17-10-12-18(23)13-11-17)26-27-16(2)25-20(14-22(27)28)15-24-19-8-5-4-6-9-19/h3-14,24H,15H2,1-2H3. The van der Waals surface area contributed by atoms with Gasteiger partial charge in [0.2, 0.25) is 0 Å². The number of hydrogen-bond acceptors (Lipinski definition) is 4. The molecule has 0 aliphatic rings. The molecule has 0 aliphatic heterocycles. The van der Waals surface area contributed by atoms with Gasteiger partial charge in [-0.2, -0.15) is 9.78 Å². The van der Waals surface area contributed by atoms with Crippen LogP contribution in [0.2, 0.25) is 0 Å². The number of allylic oxidation sites excluding steroid dienone is 2. The third-order valence-corrected chi connectivity index (χ3v) is 4.03. The van der Waals surface area contributed by atoms with E-state index in [9.17, 15) is 9.18 Å². The molecule has 3 aromatic rings. The van der Waals surface area contributed by atoms with Gasteiger partial charge in [0.05, 0.1) is 18.0 Å². The molecule has 2 aromatic carbocycles. The van der Waals surface area contributed by atoms with Crippen LogP contribution in [0.5, 0.6) is 0 Å². The van der Waals surface area contributed by atoms with Gasteiger partial charge >= 0.3 is 0 Å². The van der Waals surface area contributed by atoms with Gasteiger partial charge in [0.15, 0.2) is 0 Å². The number of halogens is 1. The average molecular weight is 376 g/mol. The molecule has 28 heavy (non-hydrogen) atoms. The number of aromatic nitrogens is 2. The van der Waals surface area contributed by atoms with E-state index in [2.05, 4.69) is 15.4 Å². The summed E-state index contributed by atoms with van der Waals surface area (Å²) in [6.07, 6.45) is 3.58. The molecule has 5 nitrogen and oxygen atoms in total. The summed E-state index contributed by atoms with van der Waals surface area (Å²) in [6, 6.07) is 17.1. The molecular formula is C22H21FN4O. The van der Waals surface area contributed by atoms with E-state index < -0.39 is 0 Å². The predicted octanol–water partition coefficient (Wildman–Crippen LogP) is 4.13. The topological polar surface area (TPSA) is 59.3 Å². The number of hydrogen-bond donors (Lipinski definition) is 1. The van der Waals surface area contributed by atoms with Gasteiger partial charge in [-0.1, -0.05) is 24.3 Å². The first-order valence-corrected chi connectivity index (χ1v) is 8.93. The van der Waals surface area contributed by atoms with Crippen molar-refractivity contribution in [1.29, 1.82) is 0 Å². The zero-order valence-corrected chi connectivity index (χ0v) is 15.8. The highest BCUT2D eigenvalue weighted by molar-refractivity contribution is 6.08. The van der Waals surface area contributed by atoms with Gasteiger partial charge < -0.3 is 5.32 Å². The summed E-state index contributed by atoms with van der Waals surface area (Å²) in [5.41, 5.74) is 2.56. The van der Waals surface area contributed by atoms with Crippen LogP contribution in [0, 0.1) is 12.7 Å². The molecule has 0 spiro atoms. The Morgan fingerprint density at radius 1 is 1.18 bits per heavy atom. The monoisotopic (exact) mass is 376 g/mol. The van der Waals surface area contributed by atoms with Crippen LogP contribution in [0.15, 0.2) is 82.7 Å². The van der Waals surface area contributed by atoms with E-state index in [4.69, 9.17) is 0 Å². The molecule has 3 rings (SSSR count). The maximum Gasteiger partial charge on any atom is 0.274 e. The first-order chi connectivity index (χ1) is 13.6. The van der Waals surface area contributed by atoms with Crippen LogP contribution in [-0.4, -0.2) is 15.4 Å². The molecule has 0 bridgehead atoms. The molecule has 0 unspecified atom stereocenters. The fourth-order valence-electron chi connectivity index (χ4n) is 2.68. The zero-order chi connectivity index (χ0) is 19.9. The summed E-state index contributed by atoms with van der Waals surface area (Å²) in [5, 5.41) is 7.67. The van der Waals surface area contributed by atoms with Crippen LogP contribution in [-0.2, 0) is 6.54 Å². The van der Waals surface area contributed by atoms with Gasteiger partial charge in [-0.15, -0.1) is 0 Å². The number of anilines is 1. The van der Waals surface area contributed by atoms with Crippen LogP contribution in [0.1, 0.15) is 24.0 Å². The molecule has 142 valence electrons. The summed E-state index contributed by atoms with van der Waals surface area (Å²) < 4.78 is 14.5. The number of aryl methyl sites for hydroxylation is 1. The quantitative estimate of drug-likeness (QED) is 0.658. The molecule has 0 saturated carbocycles. The Bertz CT molecular complexity index is 1050. The fourth-order valence-corrected chi connectivity index (χ4v) is 2.68. The van der Waals surface area contributed by atoms with Crippen molar-refractivity contribution in [3.05, 3.63) is 106 Å². The highest BCUT2D eigenvalue weighted by Crippen LogP contribution is 2.09. The Balaban J connectivity index is 1.89. The predicted molar refractivity (Wildman–Crippen MR) is 110 cm³/mol. The van der Waals surface area contributed by atoms with E-state index in [1.54, 1.807) is 25.1 Å². The highest BCUT2D eigenvalue weighted by Gasteiger charge is 2.07.